The molecule has 0 aliphatic rings. The highest BCUT2D eigenvalue weighted by atomic mass is 16.5. The predicted octanol–water partition coefficient (Wildman–Crippen LogP) is 10.5. The normalized spacial score (nSPS) is 11.7. The van der Waals surface area contributed by atoms with E-state index in [0.717, 1.165) is 55.1 Å². The van der Waals surface area contributed by atoms with Crippen molar-refractivity contribution in [2.75, 3.05) is 13.2 Å². The summed E-state index contributed by atoms with van der Waals surface area (Å²) in [6.45, 7) is 8.18. The zero-order valence-corrected chi connectivity index (χ0v) is 24.0. The van der Waals surface area contributed by atoms with Crippen LogP contribution in [0.4, 0.5) is 0 Å². The summed E-state index contributed by atoms with van der Waals surface area (Å²) in [5.74, 6) is 1.64. The Morgan fingerprint density at radius 2 is 1.08 bits per heavy atom. The summed E-state index contributed by atoms with van der Waals surface area (Å²) in [6, 6.07) is 6.02. The molecule has 0 amide bonds. The van der Waals surface area contributed by atoms with Gasteiger partial charge in [-0.3, -0.25) is 0 Å². The fourth-order valence-corrected chi connectivity index (χ4v) is 4.58. The van der Waals surface area contributed by atoms with Crippen LogP contribution in [0.3, 0.4) is 0 Å². The second-order valence-corrected chi connectivity index (χ2v) is 10.3. The minimum Gasteiger partial charge on any atom is -0.493 e. The van der Waals surface area contributed by atoms with Crippen molar-refractivity contribution < 1.29 is 14.7 Å². The standard InChI is InChI=1S/C32H57NO3/c1-4-7-10-13-16-17-20-23-31(33-34)30-25-24-29(35-26-21-18-14-11-8-5-2)28-32(30)36-27-22-19-15-12-9-6-3/h24-25,28,34H,4-23,26-27H2,1-3H3/b33-31+. The summed E-state index contributed by atoms with van der Waals surface area (Å²) in [4.78, 5) is 0. The van der Waals surface area contributed by atoms with Gasteiger partial charge in [-0.15, -0.1) is 0 Å². The third-order valence-corrected chi connectivity index (χ3v) is 6.92. The molecule has 0 aliphatic carbocycles. The van der Waals surface area contributed by atoms with E-state index in [1.807, 2.05) is 18.2 Å². The summed E-state index contributed by atoms with van der Waals surface area (Å²) in [5.41, 5.74) is 1.63. The minimum absolute atomic E-state index is 0.691. The van der Waals surface area contributed by atoms with Gasteiger partial charge in [0.1, 0.15) is 11.5 Å². The van der Waals surface area contributed by atoms with Gasteiger partial charge in [0.25, 0.3) is 0 Å². The number of benzene rings is 1. The van der Waals surface area contributed by atoms with Gasteiger partial charge in [-0.1, -0.05) is 129 Å². The van der Waals surface area contributed by atoms with Crippen LogP contribution in [0.2, 0.25) is 0 Å². The van der Waals surface area contributed by atoms with Crippen LogP contribution in [0, 0.1) is 0 Å². The Bertz CT molecular complexity index is 659. The Morgan fingerprint density at radius 3 is 1.61 bits per heavy atom. The van der Waals surface area contributed by atoms with Gasteiger partial charge in [-0.25, -0.2) is 0 Å². The molecule has 4 heteroatoms. The molecule has 4 nitrogen and oxygen atoms in total. The molecule has 208 valence electrons. The van der Waals surface area contributed by atoms with Gasteiger partial charge in [0.05, 0.1) is 18.9 Å². The van der Waals surface area contributed by atoms with Crippen LogP contribution in [0.25, 0.3) is 0 Å². The lowest BCUT2D eigenvalue weighted by atomic mass is 10.0. The number of unbranched alkanes of at least 4 members (excludes halogenated alkanes) is 16. The van der Waals surface area contributed by atoms with E-state index in [1.165, 1.54) is 103 Å². The van der Waals surface area contributed by atoms with Gasteiger partial charge in [-0.05, 0) is 37.8 Å². The SMILES string of the molecule is CCCCCCCCC/C(=N\O)c1ccc(OCCCCCCCC)cc1OCCCCCCCC. The Balaban J connectivity index is 2.63. The van der Waals surface area contributed by atoms with E-state index in [-0.39, 0.29) is 0 Å². The lowest BCUT2D eigenvalue weighted by molar-refractivity contribution is 0.288. The zero-order valence-electron chi connectivity index (χ0n) is 24.0. The molecule has 0 heterocycles. The van der Waals surface area contributed by atoms with Crippen molar-refractivity contribution in [1.29, 1.82) is 0 Å². The van der Waals surface area contributed by atoms with E-state index in [4.69, 9.17) is 9.47 Å². The van der Waals surface area contributed by atoms with E-state index in [9.17, 15) is 5.21 Å². The minimum atomic E-state index is 0.691. The van der Waals surface area contributed by atoms with Crippen LogP contribution in [0.15, 0.2) is 23.4 Å². The Hall–Kier alpha value is -1.71. The molecule has 1 N–H and O–H groups in total. The van der Waals surface area contributed by atoms with Crippen LogP contribution in [-0.2, 0) is 0 Å². The van der Waals surface area contributed by atoms with Crippen molar-refractivity contribution >= 4 is 5.71 Å². The van der Waals surface area contributed by atoms with Crippen molar-refractivity contribution in [2.45, 2.75) is 149 Å². The monoisotopic (exact) mass is 503 g/mol. The molecule has 0 bridgehead atoms. The summed E-state index contributed by atoms with van der Waals surface area (Å²) in [7, 11) is 0. The molecule has 0 aromatic heterocycles. The summed E-state index contributed by atoms with van der Waals surface area (Å²) < 4.78 is 12.3. The van der Waals surface area contributed by atoms with E-state index < -0.39 is 0 Å². The number of oxime groups is 1. The van der Waals surface area contributed by atoms with Crippen molar-refractivity contribution in [3.05, 3.63) is 23.8 Å². The largest absolute Gasteiger partial charge is 0.493 e. The third-order valence-electron chi connectivity index (χ3n) is 6.92. The first kappa shape index (κ1) is 32.3. The van der Waals surface area contributed by atoms with Crippen LogP contribution in [0.1, 0.15) is 155 Å². The third kappa shape index (κ3) is 16.1. The van der Waals surface area contributed by atoms with Crippen molar-refractivity contribution in [3.8, 4) is 11.5 Å². The van der Waals surface area contributed by atoms with Crippen LogP contribution >= 0.6 is 0 Å². The van der Waals surface area contributed by atoms with Crippen molar-refractivity contribution in [2.24, 2.45) is 5.16 Å². The van der Waals surface area contributed by atoms with Gasteiger partial charge < -0.3 is 14.7 Å². The molecule has 0 fully saturated rings. The molecular weight excluding hydrogens is 446 g/mol. The topological polar surface area (TPSA) is 51.1 Å². The van der Waals surface area contributed by atoms with Crippen LogP contribution in [-0.4, -0.2) is 24.1 Å². The maximum Gasteiger partial charge on any atom is 0.132 e. The Labute approximate surface area is 223 Å². The zero-order chi connectivity index (χ0) is 26.1. The molecule has 0 aliphatic heterocycles. The molecule has 1 aromatic carbocycles. The lowest BCUT2D eigenvalue weighted by Crippen LogP contribution is -2.08. The first-order valence-electron chi connectivity index (χ1n) is 15.4. The summed E-state index contributed by atoms with van der Waals surface area (Å²) in [6.07, 6.45) is 24.4. The van der Waals surface area contributed by atoms with Crippen LogP contribution < -0.4 is 9.47 Å². The quantitative estimate of drug-likeness (QED) is 0.0624. The molecular formula is C32H57NO3. The maximum absolute atomic E-state index is 9.80. The number of ether oxygens (including phenoxy) is 2. The maximum atomic E-state index is 9.80. The van der Waals surface area contributed by atoms with E-state index in [2.05, 4.69) is 25.9 Å². The fraction of sp³-hybridized carbons (Fsp3) is 0.781. The molecule has 1 rings (SSSR count). The van der Waals surface area contributed by atoms with Crippen LogP contribution in [0.5, 0.6) is 11.5 Å². The highest BCUT2D eigenvalue weighted by molar-refractivity contribution is 6.02. The number of rotatable bonds is 25. The van der Waals surface area contributed by atoms with Gasteiger partial charge in [0, 0.05) is 11.6 Å². The molecule has 36 heavy (non-hydrogen) atoms. The fourth-order valence-electron chi connectivity index (χ4n) is 4.58. The first-order valence-corrected chi connectivity index (χ1v) is 15.4. The second-order valence-electron chi connectivity index (χ2n) is 10.3. The van der Waals surface area contributed by atoms with E-state index >= 15 is 0 Å². The second kappa shape index (κ2) is 23.7. The first-order chi connectivity index (χ1) is 17.8. The molecule has 1 aromatic rings. The average molecular weight is 504 g/mol. The molecule has 0 saturated heterocycles. The number of hydrogen-bond donors (Lipinski definition) is 1. The van der Waals surface area contributed by atoms with Gasteiger partial charge in [0.15, 0.2) is 0 Å². The highest BCUT2D eigenvalue weighted by Crippen LogP contribution is 2.28. The molecule has 0 radical (unpaired) electrons. The highest BCUT2D eigenvalue weighted by Gasteiger charge is 2.13. The lowest BCUT2D eigenvalue weighted by Gasteiger charge is -2.15. The number of nitrogens with zero attached hydrogens (tertiary/aromatic N) is 1. The van der Waals surface area contributed by atoms with Gasteiger partial charge >= 0.3 is 0 Å². The molecule has 0 unspecified atom stereocenters. The summed E-state index contributed by atoms with van der Waals surface area (Å²) in [5, 5.41) is 13.5. The Kier molecular flexibility index (Phi) is 21.3. The van der Waals surface area contributed by atoms with Gasteiger partial charge in [-0.2, -0.15) is 0 Å². The molecule has 0 spiro atoms. The van der Waals surface area contributed by atoms with Crippen molar-refractivity contribution in [3.63, 3.8) is 0 Å². The smallest absolute Gasteiger partial charge is 0.132 e. The van der Waals surface area contributed by atoms with Crippen molar-refractivity contribution in [1.82, 2.24) is 0 Å². The summed E-state index contributed by atoms with van der Waals surface area (Å²) >= 11 is 0. The van der Waals surface area contributed by atoms with Gasteiger partial charge in [0.2, 0.25) is 0 Å². The predicted molar refractivity (Wildman–Crippen MR) is 155 cm³/mol. The van der Waals surface area contributed by atoms with E-state index in [1.54, 1.807) is 0 Å². The van der Waals surface area contributed by atoms with E-state index in [0.29, 0.717) is 6.61 Å². The molecule has 0 atom stereocenters. The Morgan fingerprint density at radius 1 is 0.611 bits per heavy atom. The number of hydrogen-bond acceptors (Lipinski definition) is 4. The average Bonchev–Trinajstić information content (AvgIpc) is 2.90. The molecule has 0 saturated carbocycles.